The maximum Gasteiger partial charge on any atom is 0.110 e. The molecule has 5 heteroatoms. The third-order valence-corrected chi connectivity index (χ3v) is 3.86. The van der Waals surface area contributed by atoms with Gasteiger partial charge in [0.1, 0.15) is 11.7 Å². The summed E-state index contributed by atoms with van der Waals surface area (Å²) < 4.78 is 11.7. The van der Waals surface area contributed by atoms with Crippen LogP contribution in [0.1, 0.15) is 12.0 Å². The highest BCUT2D eigenvalue weighted by Gasteiger charge is 2.34. The number of halogens is 1. The van der Waals surface area contributed by atoms with Crippen LogP contribution in [0.5, 0.6) is 0 Å². The van der Waals surface area contributed by atoms with Gasteiger partial charge in [0.2, 0.25) is 0 Å². The molecule has 1 heterocycles. The molecular formula is C13H15BrN2O2. The van der Waals surface area contributed by atoms with E-state index in [0.717, 1.165) is 23.2 Å². The minimum absolute atomic E-state index is 0.236. The van der Waals surface area contributed by atoms with Crippen LogP contribution in [0.2, 0.25) is 0 Å². The molecular weight excluding hydrogens is 296 g/mol. The molecule has 96 valence electrons. The van der Waals surface area contributed by atoms with Gasteiger partial charge >= 0.3 is 0 Å². The number of hydrogen-bond acceptors (Lipinski definition) is 4. The molecule has 1 aromatic carbocycles. The van der Waals surface area contributed by atoms with Crippen molar-refractivity contribution in [3.8, 4) is 6.07 Å². The Balaban J connectivity index is 2.02. The normalized spacial score (nSPS) is 22.7. The van der Waals surface area contributed by atoms with Crippen LogP contribution in [0, 0.1) is 11.3 Å². The van der Waals surface area contributed by atoms with E-state index in [2.05, 4.69) is 27.3 Å². The van der Waals surface area contributed by atoms with Gasteiger partial charge < -0.3 is 14.8 Å². The molecule has 4 nitrogen and oxygen atoms in total. The Bertz CT molecular complexity index is 465. The summed E-state index contributed by atoms with van der Waals surface area (Å²) in [5.74, 6) is 0. The predicted octanol–water partition coefficient (Wildman–Crippen LogP) is 2.54. The largest absolute Gasteiger partial charge is 0.382 e. The van der Waals surface area contributed by atoms with Crippen molar-refractivity contribution in [2.45, 2.75) is 12.0 Å². The van der Waals surface area contributed by atoms with E-state index in [0.29, 0.717) is 18.7 Å². The van der Waals surface area contributed by atoms with Crippen LogP contribution in [0.15, 0.2) is 22.7 Å². The molecule has 1 atom stereocenters. The summed E-state index contributed by atoms with van der Waals surface area (Å²) in [7, 11) is 1.71. The van der Waals surface area contributed by atoms with Crippen molar-refractivity contribution in [2.75, 3.05) is 32.2 Å². The molecule has 1 saturated heterocycles. The van der Waals surface area contributed by atoms with E-state index in [4.69, 9.17) is 14.7 Å². The van der Waals surface area contributed by atoms with Gasteiger partial charge in [0.05, 0.1) is 12.2 Å². The molecule has 18 heavy (non-hydrogen) atoms. The summed E-state index contributed by atoms with van der Waals surface area (Å²) in [5, 5.41) is 12.2. The van der Waals surface area contributed by atoms with Crippen molar-refractivity contribution in [3.05, 3.63) is 28.2 Å². The van der Waals surface area contributed by atoms with Crippen molar-refractivity contribution in [1.29, 1.82) is 5.26 Å². The fourth-order valence-electron chi connectivity index (χ4n) is 1.94. The van der Waals surface area contributed by atoms with Crippen LogP contribution < -0.4 is 5.32 Å². The SMILES string of the molecule is COC1(CNc2ccc(C#N)c(Br)c2)CCOC1. The standard InChI is InChI=1S/C13H15BrN2O2/c1-17-13(4-5-18-9-13)8-16-11-3-2-10(7-15)12(14)6-11/h2-3,6,16H,4-5,8-9H2,1H3. The van der Waals surface area contributed by atoms with Gasteiger partial charge in [-0.2, -0.15) is 5.26 Å². The van der Waals surface area contributed by atoms with Gasteiger partial charge in [-0.05, 0) is 34.1 Å². The third-order valence-electron chi connectivity index (χ3n) is 3.20. The van der Waals surface area contributed by atoms with Crippen LogP contribution in [0.25, 0.3) is 0 Å². The van der Waals surface area contributed by atoms with Crippen molar-refractivity contribution in [1.82, 2.24) is 0 Å². The van der Waals surface area contributed by atoms with Gasteiger partial charge in [0, 0.05) is 36.8 Å². The molecule has 0 bridgehead atoms. The van der Waals surface area contributed by atoms with E-state index in [9.17, 15) is 0 Å². The number of ether oxygens (including phenoxy) is 2. The summed E-state index contributed by atoms with van der Waals surface area (Å²) in [6.07, 6.45) is 0.897. The van der Waals surface area contributed by atoms with Crippen LogP contribution in [0.4, 0.5) is 5.69 Å². The molecule has 1 fully saturated rings. The molecule has 0 amide bonds. The Labute approximate surface area is 115 Å². The lowest BCUT2D eigenvalue weighted by molar-refractivity contribution is -0.00619. The lowest BCUT2D eigenvalue weighted by Crippen LogP contribution is -2.39. The minimum Gasteiger partial charge on any atom is -0.382 e. The lowest BCUT2D eigenvalue weighted by atomic mass is 10.0. The van der Waals surface area contributed by atoms with Crippen molar-refractivity contribution < 1.29 is 9.47 Å². The average molecular weight is 311 g/mol. The Morgan fingerprint density at radius 3 is 3.00 bits per heavy atom. The Kier molecular flexibility index (Phi) is 4.23. The second kappa shape index (κ2) is 5.70. The average Bonchev–Trinajstić information content (AvgIpc) is 2.86. The maximum atomic E-state index is 8.85. The van der Waals surface area contributed by atoms with E-state index in [1.54, 1.807) is 13.2 Å². The molecule has 1 aliphatic rings. The summed E-state index contributed by atoms with van der Waals surface area (Å²) in [5.41, 5.74) is 1.36. The highest BCUT2D eigenvalue weighted by atomic mass is 79.9. The summed E-state index contributed by atoms with van der Waals surface area (Å²) in [6, 6.07) is 7.70. The first-order chi connectivity index (χ1) is 8.69. The highest BCUT2D eigenvalue weighted by molar-refractivity contribution is 9.10. The monoisotopic (exact) mass is 310 g/mol. The number of benzene rings is 1. The van der Waals surface area contributed by atoms with Gasteiger partial charge in [-0.25, -0.2) is 0 Å². The Hall–Kier alpha value is -1.09. The fraction of sp³-hybridized carbons (Fsp3) is 0.462. The van der Waals surface area contributed by atoms with Crippen molar-refractivity contribution >= 4 is 21.6 Å². The number of nitrogens with zero attached hydrogens (tertiary/aromatic N) is 1. The topological polar surface area (TPSA) is 54.3 Å². The van der Waals surface area contributed by atoms with Gasteiger partial charge in [-0.3, -0.25) is 0 Å². The van der Waals surface area contributed by atoms with Gasteiger partial charge in [0.15, 0.2) is 0 Å². The maximum absolute atomic E-state index is 8.85. The molecule has 2 rings (SSSR count). The second-order valence-electron chi connectivity index (χ2n) is 4.35. The molecule has 0 saturated carbocycles. The smallest absolute Gasteiger partial charge is 0.110 e. The molecule has 1 aliphatic heterocycles. The fourth-order valence-corrected chi connectivity index (χ4v) is 2.41. The summed E-state index contributed by atoms with van der Waals surface area (Å²) in [4.78, 5) is 0. The first-order valence-electron chi connectivity index (χ1n) is 5.75. The van der Waals surface area contributed by atoms with Crippen molar-refractivity contribution in [2.24, 2.45) is 0 Å². The van der Waals surface area contributed by atoms with Crippen LogP contribution in [-0.4, -0.2) is 32.5 Å². The number of hydrogen-bond donors (Lipinski definition) is 1. The zero-order valence-corrected chi connectivity index (χ0v) is 11.8. The van der Waals surface area contributed by atoms with Gasteiger partial charge in [-0.1, -0.05) is 0 Å². The zero-order chi connectivity index (χ0) is 13.0. The molecule has 0 radical (unpaired) electrons. The van der Waals surface area contributed by atoms with Crippen LogP contribution >= 0.6 is 15.9 Å². The summed E-state index contributed by atoms with van der Waals surface area (Å²) >= 11 is 3.37. The third kappa shape index (κ3) is 2.83. The van der Waals surface area contributed by atoms with Gasteiger partial charge in [0.25, 0.3) is 0 Å². The first-order valence-corrected chi connectivity index (χ1v) is 6.55. The van der Waals surface area contributed by atoms with E-state index in [-0.39, 0.29) is 5.60 Å². The molecule has 1 unspecified atom stereocenters. The molecule has 1 N–H and O–H groups in total. The zero-order valence-electron chi connectivity index (χ0n) is 10.2. The number of nitriles is 1. The van der Waals surface area contributed by atoms with Gasteiger partial charge in [-0.15, -0.1) is 0 Å². The molecule has 0 aromatic heterocycles. The Morgan fingerprint density at radius 1 is 1.61 bits per heavy atom. The predicted molar refractivity (Wildman–Crippen MR) is 72.5 cm³/mol. The van der Waals surface area contributed by atoms with Crippen molar-refractivity contribution in [3.63, 3.8) is 0 Å². The number of rotatable bonds is 4. The van der Waals surface area contributed by atoms with E-state index >= 15 is 0 Å². The molecule has 1 aromatic rings. The first kappa shape index (κ1) is 13.3. The van der Waals surface area contributed by atoms with Crippen LogP contribution in [-0.2, 0) is 9.47 Å². The lowest BCUT2D eigenvalue weighted by Gasteiger charge is -2.26. The van der Waals surface area contributed by atoms with E-state index < -0.39 is 0 Å². The summed E-state index contributed by atoms with van der Waals surface area (Å²) in [6.45, 7) is 2.06. The number of methoxy groups -OCH3 is 1. The second-order valence-corrected chi connectivity index (χ2v) is 5.20. The number of nitrogens with one attached hydrogen (secondary N) is 1. The number of anilines is 1. The van der Waals surface area contributed by atoms with Crippen LogP contribution in [0.3, 0.4) is 0 Å². The molecule has 0 aliphatic carbocycles. The van der Waals surface area contributed by atoms with E-state index in [1.807, 2.05) is 12.1 Å². The van der Waals surface area contributed by atoms with E-state index in [1.165, 1.54) is 0 Å². The Morgan fingerprint density at radius 2 is 2.44 bits per heavy atom. The molecule has 0 spiro atoms. The quantitative estimate of drug-likeness (QED) is 0.928. The highest BCUT2D eigenvalue weighted by Crippen LogP contribution is 2.25. The minimum atomic E-state index is -0.236.